The molecule has 0 radical (unpaired) electrons. The Bertz CT molecular complexity index is 612. The molecule has 0 saturated carbocycles. The molecule has 1 N–H and O–H groups in total. The molecular formula is C15H15NO5. The van der Waals surface area contributed by atoms with E-state index < -0.39 is 11.0 Å². The molecule has 2 aromatic rings. The Morgan fingerprint density at radius 2 is 1.90 bits per heavy atom. The lowest BCUT2D eigenvalue weighted by Crippen LogP contribution is -2.09. The Kier molecular flexibility index (Phi) is 4.73. The molecule has 21 heavy (non-hydrogen) atoms. The molecule has 0 fully saturated rings. The van der Waals surface area contributed by atoms with E-state index in [4.69, 9.17) is 9.47 Å². The van der Waals surface area contributed by atoms with Crippen LogP contribution in [-0.2, 0) is 0 Å². The minimum atomic E-state index is -0.810. The van der Waals surface area contributed by atoms with E-state index in [2.05, 4.69) is 0 Å². The average Bonchev–Trinajstić information content (AvgIpc) is 2.53. The zero-order valence-electron chi connectivity index (χ0n) is 11.4. The maximum absolute atomic E-state index is 10.5. The molecule has 0 bridgehead atoms. The monoisotopic (exact) mass is 289 g/mol. The van der Waals surface area contributed by atoms with Gasteiger partial charge in [-0.15, -0.1) is 0 Å². The third kappa shape index (κ3) is 3.93. The first-order valence-corrected chi connectivity index (χ1v) is 6.29. The lowest BCUT2D eigenvalue weighted by Gasteiger charge is -2.13. The molecular weight excluding hydrogens is 274 g/mol. The summed E-state index contributed by atoms with van der Waals surface area (Å²) >= 11 is 0. The number of benzene rings is 2. The molecule has 0 aliphatic carbocycles. The molecule has 0 aliphatic heterocycles. The quantitative estimate of drug-likeness (QED) is 0.653. The summed E-state index contributed by atoms with van der Waals surface area (Å²) in [6, 6.07) is 12.8. The van der Waals surface area contributed by atoms with Crippen molar-refractivity contribution < 1.29 is 19.5 Å². The second-order valence-electron chi connectivity index (χ2n) is 4.35. The van der Waals surface area contributed by atoms with Crippen molar-refractivity contribution in [2.45, 2.75) is 6.10 Å². The smallest absolute Gasteiger partial charge is 0.269 e. The lowest BCUT2D eigenvalue weighted by molar-refractivity contribution is -0.384. The molecule has 2 rings (SSSR count). The van der Waals surface area contributed by atoms with Crippen molar-refractivity contribution in [2.24, 2.45) is 0 Å². The van der Waals surface area contributed by atoms with Crippen LogP contribution < -0.4 is 9.47 Å². The predicted molar refractivity (Wildman–Crippen MR) is 76.5 cm³/mol. The van der Waals surface area contributed by atoms with Crippen LogP contribution in [0.4, 0.5) is 5.69 Å². The summed E-state index contributed by atoms with van der Waals surface area (Å²) in [5.41, 5.74) is 0.673. The summed E-state index contributed by atoms with van der Waals surface area (Å²) < 4.78 is 10.5. The highest BCUT2D eigenvalue weighted by atomic mass is 16.6. The molecule has 0 aromatic heterocycles. The highest BCUT2D eigenvalue weighted by Gasteiger charge is 2.10. The van der Waals surface area contributed by atoms with Crippen LogP contribution in [0.25, 0.3) is 0 Å². The van der Waals surface area contributed by atoms with E-state index in [1.54, 1.807) is 31.4 Å². The van der Waals surface area contributed by atoms with Gasteiger partial charge in [-0.05, 0) is 29.8 Å². The van der Waals surface area contributed by atoms with Crippen LogP contribution in [-0.4, -0.2) is 23.7 Å². The van der Waals surface area contributed by atoms with Gasteiger partial charge in [-0.3, -0.25) is 10.1 Å². The minimum absolute atomic E-state index is 0.00399. The van der Waals surface area contributed by atoms with Gasteiger partial charge in [0.25, 0.3) is 5.69 Å². The number of ether oxygens (including phenoxy) is 2. The summed E-state index contributed by atoms with van der Waals surface area (Å²) in [4.78, 5) is 10.1. The molecule has 0 amide bonds. The molecule has 6 heteroatoms. The van der Waals surface area contributed by atoms with Crippen LogP contribution in [0.1, 0.15) is 11.7 Å². The highest BCUT2D eigenvalue weighted by molar-refractivity contribution is 5.36. The summed E-state index contributed by atoms with van der Waals surface area (Å²) in [6.45, 7) is 0.0466. The van der Waals surface area contributed by atoms with Gasteiger partial charge in [-0.2, -0.15) is 0 Å². The topological polar surface area (TPSA) is 81.8 Å². The van der Waals surface area contributed by atoms with Gasteiger partial charge in [0.1, 0.15) is 24.2 Å². The highest BCUT2D eigenvalue weighted by Crippen LogP contribution is 2.22. The zero-order valence-corrected chi connectivity index (χ0v) is 11.4. The van der Waals surface area contributed by atoms with Gasteiger partial charge in [0, 0.05) is 12.1 Å². The van der Waals surface area contributed by atoms with Gasteiger partial charge >= 0.3 is 0 Å². The fourth-order valence-corrected chi connectivity index (χ4v) is 1.78. The van der Waals surface area contributed by atoms with E-state index in [1.165, 1.54) is 24.3 Å². The molecule has 0 aliphatic rings. The first-order chi connectivity index (χ1) is 10.1. The normalized spacial score (nSPS) is 11.7. The molecule has 1 atom stereocenters. The van der Waals surface area contributed by atoms with Crippen molar-refractivity contribution in [3.8, 4) is 11.5 Å². The van der Waals surface area contributed by atoms with Gasteiger partial charge in [0.15, 0.2) is 0 Å². The molecule has 0 heterocycles. The summed E-state index contributed by atoms with van der Waals surface area (Å²) in [5.74, 6) is 1.12. The fourth-order valence-electron chi connectivity index (χ4n) is 1.78. The van der Waals surface area contributed by atoms with E-state index in [0.29, 0.717) is 17.1 Å². The van der Waals surface area contributed by atoms with Crippen molar-refractivity contribution in [2.75, 3.05) is 13.7 Å². The Balaban J connectivity index is 1.96. The van der Waals surface area contributed by atoms with Crippen LogP contribution in [0, 0.1) is 10.1 Å². The van der Waals surface area contributed by atoms with Crippen molar-refractivity contribution in [3.05, 3.63) is 64.2 Å². The Morgan fingerprint density at radius 3 is 2.52 bits per heavy atom. The maximum Gasteiger partial charge on any atom is 0.269 e. The van der Waals surface area contributed by atoms with E-state index >= 15 is 0 Å². The number of non-ortho nitro benzene ring substituents is 1. The average molecular weight is 289 g/mol. The fraction of sp³-hybridized carbons (Fsp3) is 0.200. The van der Waals surface area contributed by atoms with E-state index in [0.717, 1.165) is 0 Å². The van der Waals surface area contributed by atoms with Crippen LogP contribution in [0.5, 0.6) is 11.5 Å². The number of hydrogen-bond donors (Lipinski definition) is 1. The minimum Gasteiger partial charge on any atom is -0.497 e. The number of nitro groups is 1. The number of methoxy groups -OCH3 is 1. The molecule has 6 nitrogen and oxygen atoms in total. The van der Waals surface area contributed by atoms with Gasteiger partial charge < -0.3 is 14.6 Å². The maximum atomic E-state index is 10.5. The van der Waals surface area contributed by atoms with Gasteiger partial charge in [0.05, 0.1) is 12.0 Å². The van der Waals surface area contributed by atoms with Gasteiger partial charge in [0.2, 0.25) is 0 Å². The number of rotatable bonds is 6. The van der Waals surface area contributed by atoms with Crippen molar-refractivity contribution >= 4 is 5.69 Å². The van der Waals surface area contributed by atoms with Crippen LogP contribution >= 0.6 is 0 Å². The van der Waals surface area contributed by atoms with Crippen molar-refractivity contribution in [1.29, 1.82) is 0 Å². The lowest BCUT2D eigenvalue weighted by atomic mass is 10.1. The number of aliphatic hydroxyl groups is 1. The van der Waals surface area contributed by atoms with E-state index in [1.807, 2.05) is 0 Å². The standard InChI is InChI=1S/C15H15NO5/c1-20-14-4-2-3-11(9-14)15(17)10-21-13-7-5-12(6-8-13)16(18)19/h2-9,15,17H,10H2,1H3. The third-order valence-electron chi connectivity index (χ3n) is 2.93. The van der Waals surface area contributed by atoms with Crippen molar-refractivity contribution in [1.82, 2.24) is 0 Å². The van der Waals surface area contributed by atoms with E-state index in [-0.39, 0.29) is 12.3 Å². The molecule has 110 valence electrons. The Hall–Kier alpha value is -2.60. The Labute approximate surface area is 121 Å². The van der Waals surface area contributed by atoms with Crippen molar-refractivity contribution in [3.63, 3.8) is 0 Å². The SMILES string of the molecule is COc1cccc(C(O)COc2ccc([N+](=O)[O-])cc2)c1. The predicted octanol–water partition coefficient (Wildman–Crippen LogP) is 2.72. The van der Waals surface area contributed by atoms with Crippen LogP contribution in [0.15, 0.2) is 48.5 Å². The largest absolute Gasteiger partial charge is 0.497 e. The first-order valence-electron chi connectivity index (χ1n) is 6.29. The first kappa shape index (κ1) is 14.8. The zero-order chi connectivity index (χ0) is 15.2. The molecule has 0 spiro atoms. The third-order valence-corrected chi connectivity index (χ3v) is 2.93. The number of nitro benzene ring substituents is 1. The van der Waals surface area contributed by atoms with Crippen LogP contribution in [0.3, 0.4) is 0 Å². The number of aliphatic hydroxyl groups excluding tert-OH is 1. The van der Waals surface area contributed by atoms with Gasteiger partial charge in [-0.1, -0.05) is 12.1 Å². The Morgan fingerprint density at radius 1 is 1.19 bits per heavy atom. The molecule has 0 saturated heterocycles. The molecule has 1 unspecified atom stereocenters. The van der Waals surface area contributed by atoms with Crippen LogP contribution in [0.2, 0.25) is 0 Å². The second kappa shape index (κ2) is 6.71. The van der Waals surface area contributed by atoms with E-state index in [9.17, 15) is 15.2 Å². The summed E-state index contributed by atoms with van der Waals surface area (Å²) in [6.07, 6.45) is -0.810. The summed E-state index contributed by atoms with van der Waals surface area (Å²) in [5, 5.41) is 20.6. The number of hydrogen-bond acceptors (Lipinski definition) is 5. The number of nitrogens with zero attached hydrogens (tertiary/aromatic N) is 1. The second-order valence-corrected chi connectivity index (χ2v) is 4.35. The van der Waals surface area contributed by atoms with Gasteiger partial charge in [-0.25, -0.2) is 0 Å². The molecule has 2 aromatic carbocycles. The summed E-state index contributed by atoms with van der Waals surface area (Å²) in [7, 11) is 1.55.